The number of aliphatic imine (C=N–C) groups is 1. The maximum Gasteiger partial charge on any atom is 0.340 e. The third kappa shape index (κ3) is 2.36. The molecular formula is C18H19F2N3O5. The van der Waals surface area contributed by atoms with Crippen LogP contribution < -0.4 is 5.32 Å². The van der Waals surface area contributed by atoms with Gasteiger partial charge in [-0.3, -0.25) is 14.6 Å². The number of ether oxygens (including phenoxy) is 1. The van der Waals surface area contributed by atoms with Crippen LogP contribution in [0.25, 0.3) is 0 Å². The van der Waals surface area contributed by atoms with E-state index in [1.807, 2.05) is 0 Å². The highest BCUT2D eigenvalue weighted by atomic mass is 19.2. The van der Waals surface area contributed by atoms with Gasteiger partial charge in [-0.25, -0.2) is 13.6 Å². The predicted molar refractivity (Wildman–Crippen MR) is 89.8 cm³/mol. The van der Waals surface area contributed by atoms with Crippen molar-refractivity contribution in [3.63, 3.8) is 0 Å². The van der Waals surface area contributed by atoms with Crippen molar-refractivity contribution in [3.05, 3.63) is 11.8 Å². The van der Waals surface area contributed by atoms with Crippen molar-refractivity contribution in [2.75, 3.05) is 0 Å². The second-order valence-corrected chi connectivity index (χ2v) is 8.09. The van der Waals surface area contributed by atoms with Gasteiger partial charge in [-0.15, -0.1) is 0 Å². The molecule has 0 aromatic rings. The number of carbonyl (C=O) groups excluding carboxylic acids is 2. The van der Waals surface area contributed by atoms with E-state index < -0.39 is 59.8 Å². The van der Waals surface area contributed by atoms with Crippen LogP contribution in [0.3, 0.4) is 0 Å². The van der Waals surface area contributed by atoms with Crippen LogP contribution in [0.1, 0.15) is 19.3 Å². The molecule has 0 spiro atoms. The fourth-order valence-electron chi connectivity index (χ4n) is 5.45. The lowest BCUT2D eigenvalue weighted by molar-refractivity contribution is -0.214. The van der Waals surface area contributed by atoms with Crippen molar-refractivity contribution in [3.8, 4) is 0 Å². The minimum absolute atomic E-state index is 0.193. The first-order valence-corrected chi connectivity index (χ1v) is 9.39. The summed E-state index contributed by atoms with van der Waals surface area (Å²) in [6.07, 6.45) is -2.65. The number of amides is 1. The molecular weight excluding hydrogens is 376 g/mol. The van der Waals surface area contributed by atoms with Gasteiger partial charge in [0, 0.05) is 12.1 Å². The van der Waals surface area contributed by atoms with Gasteiger partial charge in [0.15, 0.2) is 12.0 Å². The maximum absolute atomic E-state index is 14.7. The Morgan fingerprint density at radius 1 is 1.25 bits per heavy atom. The highest BCUT2D eigenvalue weighted by molar-refractivity contribution is 6.18. The molecule has 8 nitrogen and oxygen atoms in total. The lowest BCUT2D eigenvalue weighted by atomic mass is 9.69. The lowest BCUT2D eigenvalue weighted by Crippen LogP contribution is -2.71. The Kier molecular flexibility index (Phi) is 3.84. The van der Waals surface area contributed by atoms with Crippen LogP contribution in [0.2, 0.25) is 0 Å². The number of alkyl halides is 2. The molecule has 2 aliphatic carbocycles. The smallest absolute Gasteiger partial charge is 0.340 e. The molecule has 1 saturated heterocycles. The number of halogens is 2. The molecule has 5 rings (SSSR count). The first-order valence-electron chi connectivity index (χ1n) is 9.39. The Hall–Kier alpha value is -2.36. The molecule has 9 atom stereocenters. The number of nitrogens with zero attached hydrogens (tertiary/aromatic N) is 2. The van der Waals surface area contributed by atoms with Crippen LogP contribution in [0.5, 0.6) is 0 Å². The van der Waals surface area contributed by atoms with Crippen molar-refractivity contribution in [1.82, 2.24) is 10.2 Å². The van der Waals surface area contributed by atoms with Gasteiger partial charge in [-0.1, -0.05) is 0 Å². The quantitative estimate of drug-likeness (QED) is 0.604. The first kappa shape index (κ1) is 17.7. The van der Waals surface area contributed by atoms with Gasteiger partial charge in [0.05, 0.1) is 36.5 Å². The number of hydrogen-bond donors (Lipinski definition) is 2. The minimum atomic E-state index is -1.91. The van der Waals surface area contributed by atoms with Crippen LogP contribution in [-0.4, -0.2) is 76.7 Å². The minimum Gasteiger partial charge on any atom is -0.478 e. The van der Waals surface area contributed by atoms with E-state index in [9.17, 15) is 28.3 Å². The summed E-state index contributed by atoms with van der Waals surface area (Å²) >= 11 is 0. The predicted octanol–water partition coefficient (Wildman–Crippen LogP) is -0.0230. The number of fused-ring (bicyclic) bond motifs is 3. The first-order chi connectivity index (χ1) is 13.4. The number of carboxylic acids is 1. The SMILES string of the molecule is O=C(O)C1=CN2C3CC4N=CNC(=O)C4CC3OC3C(F)C(F)CC(C1=O)C32. The van der Waals surface area contributed by atoms with E-state index in [1.165, 1.54) is 12.5 Å². The summed E-state index contributed by atoms with van der Waals surface area (Å²) in [5.74, 6) is -3.67. The summed E-state index contributed by atoms with van der Waals surface area (Å²) in [5.41, 5.74) is -0.419. The summed E-state index contributed by atoms with van der Waals surface area (Å²) < 4.78 is 34.9. The highest BCUT2D eigenvalue weighted by Gasteiger charge is 2.60. The molecule has 1 amide bonds. The van der Waals surface area contributed by atoms with Crippen LogP contribution in [0.15, 0.2) is 16.8 Å². The average molecular weight is 395 g/mol. The van der Waals surface area contributed by atoms with E-state index in [0.29, 0.717) is 6.42 Å². The molecule has 0 bridgehead atoms. The topological polar surface area (TPSA) is 108 Å². The molecule has 3 aliphatic heterocycles. The zero-order chi connectivity index (χ0) is 19.7. The molecule has 0 radical (unpaired) electrons. The van der Waals surface area contributed by atoms with Gasteiger partial charge in [-0.05, 0) is 19.3 Å². The molecule has 2 saturated carbocycles. The molecule has 0 aromatic carbocycles. The Labute approximate surface area is 158 Å². The zero-order valence-corrected chi connectivity index (χ0v) is 14.7. The second kappa shape index (κ2) is 6.07. The summed E-state index contributed by atoms with van der Waals surface area (Å²) in [4.78, 5) is 42.4. The number of hydrogen-bond acceptors (Lipinski definition) is 6. The Bertz CT molecular complexity index is 817. The molecule has 0 aromatic heterocycles. The van der Waals surface area contributed by atoms with E-state index in [4.69, 9.17) is 4.74 Å². The molecule has 2 N–H and O–H groups in total. The fourth-order valence-corrected chi connectivity index (χ4v) is 5.45. The monoisotopic (exact) mass is 395 g/mol. The number of morpholine rings is 1. The van der Waals surface area contributed by atoms with Gasteiger partial charge in [0.2, 0.25) is 5.91 Å². The van der Waals surface area contributed by atoms with Gasteiger partial charge >= 0.3 is 5.97 Å². The summed E-state index contributed by atoms with van der Waals surface area (Å²) in [6.45, 7) is 0. The molecule has 3 heterocycles. The van der Waals surface area contributed by atoms with E-state index >= 15 is 0 Å². The number of rotatable bonds is 1. The Balaban J connectivity index is 1.57. The standard InChI is InChI=1S/C18H19F2N3O5/c19-9-1-7-14-16(13(9)20)28-12-2-6-10(21-5-22-17(6)25)3-11(12)23(14)4-8(15(7)24)18(26)27/h4-7,9-14,16H,1-3H2,(H,26,27)(H,21,22,25). The number of aliphatic carboxylic acids is 1. The van der Waals surface area contributed by atoms with Crippen LogP contribution in [0.4, 0.5) is 8.78 Å². The van der Waals surface area contributed by atoms with Crippen molar-refractivity contribution in [2.45, 2.75) is 61.9 Å². The van der Waals surface area contributed by atoms with Crippen LogP contribution in [-0.2, 0) is 19.1 Å². The van der Waals surface area contributed by atoms with Crippen LogP contribution in [0, 0.1) is 11.8 Å². The molecule has 150 valence electrons. The zero-order valence-electron chi connectivity index (χ0n) is 14.7. The Morgan fingerprint density at radius 3 is 2.79 bits per heavy atom. The van der Waals surface area contributed by atoms with Gasteiger partial charge in [-0.2, -0.15) is 0 Å². The Morgan fingerprint density at radius 2 is 2.04 bits per heavy atom. The third-order valence-electron chi connectivity index (χ3n) is 6.73. The number of nitrogens with one attached hydrogen (secondary N) is 1. The van der Waals surface area contributed by atoms with E-state index in [2.05, 4.69) is 10.3 Å². The number of Topliss-reactive ketones (excluding diaryl/α,β-unsaturated/α-hetero) is 1. The van der Waals surface area contributed by atoms with Gasteiger partial charge in [0.25, 0.3) is 0 Å². The van der Waals surface area contributed by atoms with E-state index in [-0.39, 0.29) is 30.8 Å². The second-order valence-electron chi connectivity index (χ2n) is 8.09. The largest absolute Gasteiger partial charge is 0.478 e. The van der Waals surface area contributed by atoms with E-state index in [0.717, 1.165) is 0 Å². The van der Waals surface area contributed by atoms with E-state index in [1.54, 1.807) is 4.90 Å². The molecule has 5 aliphatic rings. The summed E-state index contributed by atoms with van der Waals surface area (Å²) in [7, 11) is 0. The summed E-state index contributed by atoms with van der Waals surface area (Å²) in [6, 6.07) is -1.41. The number of carboxylic acid groups (broad SMARTS) is 1. The third-order valence-corrected chi connectivity index (χ3v) is 6.73. The maximum atomic E-state index is 14.7. The molecule has 28 heavy (non-hydrogen) atoms. The van der Waals surface area contributed by atoms with Crippen molar-refractivity contribution >= 4 is 24.0 Å². The fraction of sp³-hybridized carbons (Fsp3) is 0.667. The molecule has 9 unspecified atom stereocenters. The normalized spacial score (nSPS) is 46.7. The van der Waals surface area contributed by atoms with Crippen molar-refractivity contribution in [2.24, 2.45) is 16.8 Å². The number of carbonyl (C=O) groups is 3. The lowest BCUT2D eigenvalue weighted by Gasteiger charge is -2.58. The van der Waals surface area contributed by atoms with Crippen molar-refractivity contribution < 1.29 is 33.0 Å². The van der Waals surface area contributed by atoms with Gasteiger partial charge < -0.3 is 20.1 Å². The van der Waals surface area contributed by atoms with Crippen LogP contribution >= 0.6 is 0 Å². The molecule has 3 fully saturated rings. The summed E-state index contributed by atoms with van der Waals surface area (Å²) in [5, 5.41) is 12.0. The van der Waals surface area contributed by atoms with Gasteiger partial charge in [0.1, 0.15) is 17.8 Å². The number of ketones is 1. The average Bonchev–Trinajstić information content (AvgIpc) is 2.66. The highest BCUT2D eigenvalue weighted by Crippen LogP contribution is 2.47. The van der Waals surface area contributed by atoms with Crippen molar-refractivity contribution in [1.29, 1.82) is 0 Å². The molecule has 10 heteroatoms.